The summed E-state index contributed by atoms with van der Waals surface area (Å²) in [5, 5.41) is 3.46. The van der Waals surface area contributed by atoms with Crippen LogP contribution in [0, 0.1) is 5.92 Å². The summed E-state index contributed by atoms with van der Waals surface area (Å²) < 4.78 is 5.84. The maximum atomic E-state index is 11.8. The van der Waals surface area contributed by atoms with Crippen molar-refractivity contribution in [3.05, 3.63) is 29.3 Å². The van der Waals surface area contributed by atoms with E-state index in [1.54, 1.807) is 4.90 Å². The zero-order chi connectivity index (χ0) is 15.0. The highest BCUT2D eigenvalue weighted by Gasteiger charge is 2.34. The Hall–Kier alpha value is -1.39. The minimum Gasteiger partial charge on any atom is -0.378 e. The van der Waals surface area contributed by atoms with Crippen molar-refractivity contribution in [1.29, 1.82) is 0 Å². The van der Waals surface area contributed by atoms with Crippen molar-refractivity contribution >= 4 is 11.6 Å². The Morgan fingerprint density at radius 1 is 1.48 bits per heavy atom. The molecule has 0 saturated carbocycles. The summed E-state index contributed by atoms with van der Waals surface area (Å²) in [5.74, 6) is 0.687. The molecule has 2 aliphatic rings. The highest BCUT2D eigenvalue weighted by Crippen LogP contribution is 2.37. The third kappa shape index (κ3) is 2.47. The average Bonchev–Trinajstić information content (AvgIpc) is 3.06. The van der Waals surface area contributed by atoms with Crippen LogP contribution in [0.1, 0.15) is 36.9 Å². The average molecular weight is 288 g/mol. The molecular weight excluding hydrogens is 264 g/mol. The summed E-state index contributed by atoms with van der Waals surface area (Å²) in [6.45, 7) is 3.04. The van der Waals surface area contributed by atoms with Crippen LogP contribution in [0.4, 0.5) is 5.69 Å². The van der Waals surface area contributed by atoms with E-state index in [1.807, 2.05) is 14.1 Å². The molecule has 114 valence electrons. The van der Waals surface area contributed by atoms with Gasteiger partial charge in [-0.3, -0.25) is 4.79 Å². The quantitative estimate of drug-likeness (QED) is 0.924. The summed E-state index contributed by atoms with van der Waals surface area (Å²) >= 11 is 0. The zero-order valence-corrected chi connectivity index (χ0v) is 13.1. The van der Waals surface area contributed by atoms with Gasteiger partial charge in [-0.1, -0.05) is 19.1 Å². The Kier molecular flexibility index (Phi) is 4.00. The van der Waals surface area contributed by atoms with Gasteiger partial charge >= 0.3 is 0 Å². The molecule has 3 rings (SSSR count). The topological polar surface area (TPSA) is 41.6 Å². The van der Waals surface area contributed by atoms with Gasteiger partial charge in [0.15, 0.2) is 0 Å². The van der Waals surface area contributed by atoms with Crippen LogP contribution in [0.25, 0.3) is 0 Å². The number of carbonyl (C=O) groups excluding carboxylic acids is 1. The second-order valence-electron chi connectivity index (χ2n) is 6.05. The maximum absolute atomic E-state index is 11.8. The van der Waals surface area contributed by atoms with Gasteiger partial charge in [0.25, 0.3) is 0 Å². The van der Waals surface area contributed by atoms with E-state index in [4.69, 9.17) is 4.74 Å². The van der Waals surface area contributed by atoms with E-state index in [0.29, 0.717) is 24.5 Å². The molecule has 1 N–H and O–H groups in total. The van der Waals surface area contributed by atoms with Crippen molar-refractivity contribution in [1.82, 2.24) is 5.32 Å². The van der Waals surface area contributed by atoms with Crippen molar-refractivity contribution < 1.29 is 9.53 Å². The van der Waals surface area contributed by atoms with Gasteiger partial charge in [-0.2, -0.15) is 0 Å². The van der Waals surface area contributed by atoms with Gasteiger partial charge in [-0.15, -0.1) is 0 Å². The van der Waals surface area contributed by atoms with Gasteiger partial charge in [0.05, 0.1) is 12.5 Å². The maximum Gasteiger partial charge on any atom is 0.231 e. The number of nitrogens with one attached hydrogen (secondary N) is 1. The Bertz CT molecular complexity index is 544. The molecule has 3 unspecified atom stereocenters. The largest absolute Gasteiger partial charge is 0.378 e. The van der Waals surface area contributed by atoms with Crippen molar-refractivity contribution in [3.8, 4) is 0 Å². The predicted molar refractivity (Wildman–Crippen MR) is 83.5 cm³/mol. The lowest BCUT2D eigenvalue weighted by atomic mass is 9.86. The van der Waals surface area contributed by atoms with Gasteiger partial charge in [0.1, 0.15) is 0 Å². The minimum absolute atomic E-state index is 0.179. The first-order valence-electron chi connectivity index (χ1n) is 7.84. The molecule has 1 aromatic rings. The number of fused-ring (bicyclic) bond motifs is 1. The van der Waals surface area contributed by atoms with E-state index in [1.165, 1.54) is 5.56 Å². The molecule has 1 fully saturated rings. The van der Waals surface area contributed by atoms with Crippen LogP contribution >= 0.6 is 0 Å². The van der Waals surface area contributed by atoms with E-state index in [2.05, 4.69) is 30.4 Å². The Morgan fingerprint density at radius 2 is 2.29 bits per heavy atom. The van der Waals surface area contributed by atoms with Crippen LogP contribution in [0.5, 0.6) is 0 Å². The number of amides is 1. The third-order valence-corrected chi connectivity index (χ3v) is 4.94. The van der Waals surface area contributed by atoms with Gasteiger partial charge in [0.2, 0.25) is 5.91 Å². The van der Waals surface area contributed by atoms with Crippen molar-refractivity contribution in [3.63, 3.8) is 0 Å². The number of nitrogens with zero attached hydrogens (tertiary/aromatic N) is 1. The number of hydrogen-bond acceptors (Lipinski definition) is 3. The monoisotopic (exact) mass is 288 g/mol. The molecule has 1 amide bonds. The number of ether oxygens (including phenoxy) is 1. The summed E-state index contributed by atoms with van der Waals surface area (Å²) in [6, 6.07) is 6.73. The summed E-state index contributed by atoms with van der Waals surface area (Å²) in [5.41, 5.74) is 3.47. The zero-order valence-electron chi connectivity index (χ0n) is 13.1. The normalized spacial score (nSPS) is 26.2. The molecule has 0 spiro atoms. The predicted octanol–water partition coefficient (Wildman–Crippen LogP) is 2.28. The molecule has 4 heteroatoms. The molecule has 0 bridgehead atoms. The molecule has 2 aliphatic heterocycles. The fourth-order valence-electron chi connectivity index (χ4n) is 3.78. The molecule has 21 heavy (non-hydrogen) atoms. The molecule has 1 saturated heterocycles. The standard InChI is InChI=1S/C17H24N2O2/c1-4-15-13(7-8-21-15)17(18-2)11-5-6-14-12(9-11)10-16(20)19(14)3/h5-6,9,13,15,17-18H,4,7-8,10H2,1-3H3. The van der Waals surface area contributed by atoms with Crippen molar-refractivity contribution in [2.24, 2.45) is 5.92 Å². The van der Waals surface area contributed by atoms with Crippen LogP contribution in [0.15, 0.2) is 18.2 Å². The first-order chi connectivity index (χ1) is 10.2. The molecule has 0 aliphatic carbocycles. The van der Waals surface area contributed by atoms with Gasteiger partial charge < -0.3 is 15.0 Å². The Balaban J connectivity index is 1.89. The SMILES string of the molecule is CCC1OCCC1C(NC)c1ccc2c(c1)CC(=O)N2C. The Morgan fingerprint density at radius 3 is 3.00 bits per heavy atom. The lowest BCUT2D eigenvalue weighted by molar-refractivity contribution is -0.117. The second kappa shape index (κ2) is 5.78. The van der Waals surface area contributed by atoms with E-state index in [0.717, 1.165) is 30.7 Å². The lowest BCUT2D eigenvalue weighted by Crippen LogP contribution is -2.30. The number of carbonyl (C=O) groups is 1. The smallest absolute Gasteiger partial charge is 0.231 e. The van der Waals surface area contributed by atoms with Crippen LogP contribution in [0.2, 0.25) is 0 Å². The first-order valence-corrected chi connectivity index (χ1v) is 7.84. The van der Waals surface area contributed by atoms with Crippen LogP contribution in [-0.4, -0.2) is 32.7 Å². The van der Waals surface area contributed by atoms with E-state index < -0.39 is 0 Å². The summed E-state index contributed by atoms with van der Waals surface area (Å²) in [7, 11) is 3.86. The lowest BCUT2D eigenvalue weighted by Gasteiger charge is -2.27. The van der Waals surface area contributed by atoms with Gasteiger partial charge in [-0.25, -0.2) is 0 Å². The van der Waals surface area contributed by atoms with Gasteiger partial charge in [-0.05, 0) is 37.1 Å². The second-order valence-corrected chi connectivity index (χ2v) is 6.05. The summed E-state index contributed by atoms with van der Waals surface area (Å²) in [4.78, 5) is 13.6. The molecule has 3 atom stereocenters. The fourth-order valence-corrected chi connectivity index (χ4v) is 3.78. The van der Waals surface area contributed by atoms with Crippen molar-refractivity contribution in [2.45, 2.75) is 38.3 Å². The molecule has 1 aromatic carbocycles. The number of hydrogen-bond donors (Lipinski definition) is 1. The van der Waals surface area contributed by atoms with Gasteiger partial charge in [0, 0.05) is 31.3 Å². The molecule has 4 nitrogen and oxygen atoms in total. The highest BCUT2D eigenvalue weighted by atomic mass is 16.5. The molecule has 0 radical (unpaired) electrons. The van der Waals surface area contributed by atoms with E-state index in [9.17, 15) is 4.79 Å². The van der Waals surface area contributed by atoms with Crippen LogP contribution in [0.3, 0.4) is 0 Å². The summed E-state index contributed by atoms with van der Waals surface area (Å²) in [6.07, 6.45) is 3.00. The highest BCUT2D eigenvalue weighted by molar-refractivity contribution is 6.00. The first kappa shape index (κ1) is 14.5. The van der Waals surface area contributed by atoms with Crippen molar-refractivity contribution in [2.75, 3.05) is 25.6 Å². The number of anilines is 1. The Labute approximate surface area is 126 Å². The molecule has 2 heterocycles. The number of benzene rings is 1. The third-order valence-electron chi connectivity index (χ3n) is 4.94. The number of rotatable bonds is 4. The fraction of sp³-hybridized carbons (Fsp3) is 0.588. The minimum atomic E-state index is 0.179. The van der Waals surface area contributed by atoms with E-state index in [-0.39, 0.29) is 5.91 Å². The van der Waals surface area contributed by atoms with Crippen LogP contribution in [-0.2, 0) is 16.0 Å². The molecule has 0 aromatic heterocycles. The van der Waals surface area contributed by atoms with Crippen LogP contribution < -0.4 is 10.2 Å². The number of likely N-dealkylation sites (N-methyl/N-ethyl adjacent to an activating group) is 1. The molecular formula is C17H24N2O2. The van der Waals surface area contributed by atoms with E-state index >= 15 is 0 Å².